The first kappa shape index (κ1) is 9.52. The maximum atomic E-state index is 11.6. The van der Waals surface area contributed by atoms with Crippen LogP contribution in [-0.4, -0.2) is 18.6 Å². The van der Waals surface area contributed by atoms with Gasteiger partial charge in [0.25, 0.3) is 5.91 Å². The molecular weight excluding hydrogens is 246 g/mol. The summed E-state index contributed by atoms with van der Waals surface area (Å²) in [5.41, 5.74) is 0.595. The van der Waals surface area contributed by atoms with Crippen molar-refractivity contribution in [3.05, 3.63) is 28.2 Å². The predicted octanol–water partition coefficient (Wildman–Crippen LogP) is 1.96. The first-order chi connectivity index (χ1) is 6.66. The van der Waals surface area contributed by atoms with E-state index in [0.717, 1.165) is 4.47 Å². The average molecular weight is 256 g/mol. The van der Waals surface area contributed by atoms with Gasteiger partial charge in [-0.15, -0.1) is 0 Å². The van der Waals surface area contributed by atoms with E-state index in [4.69, 9.17) is 4.74 Å². The van der Waals surface area contributed by atoms with Crippen LogP contribution in [0.3, 0.4) is 0 Å². The summed E-state index contributed by atoms with van der Waals surface area (Å²) in [4.78, 5) is 11.6. The average Bonchev–Trinajstić information content (AvgIpc) is 2.26. The highest BCUT2D eigenvalue weighted by Crippen LogP contribution is 2.25. The van der Waals surface area contributed by atoms with Gasteiger partial charge in [-0.05, 0) is 25.1 Å². The fourth-order valence-electron chi connectivity index (χ4n) is 1.36. The molecule has 1 heterocycles. The summed E-state index contributed by atoms with van der Waals surface area (Å²) in [6.07, 6.45) is 0. The van der Waals surface area contributed by atoms with Crippen LogP contribution in [-0.2, 0) is 0 Å². The molecule has 0 bridgehead atoms. The molecule has 1 amide bonds. The fourth-order valence-corrected chi connectivity index (χ4v) is 1.70. The van der Waals surface area contributed by atoms with Crippen molar-refractivity contribution >= 4 is 21.8 Å². The third kappa shape index (κ3) is 1.75. The maximum absolute atomic E-state index is 11.6. The number of carbonyl (C=O) groups is 1. The molecule has 14 heavy (non-hydrogen) atoms. The molecule has 1 N–H and O–H groups in total. The molecule has 0 saturated heterocycles. The van der Waals surface area contributed by atoms with Crippen LogP contribution in [0.4, 0.5) is 0 Å². The number of ether oxygens (including phenoxy) is 1. The number of hydrogen-bond donors (Lipinski definition) is 1. The number of carbonyl (C=O) groups excluding carboxylic acids is 1. The second-order valence-corrected chi connectivity index (χ2v) is 4.24. The van der Waals surface area contributed by atoms with Crippen molar-refractivity contribution in [1.29, 1.82) is 0 Å². The van der Waals surface area contributed by atoms with Crippen molar-refractivity contribution in [1.82, 2.24) is 5.32 Å². The van der Waals surface area contributed by atoms with Gasteiger partial charge < -0.3 is 10.1 Å². The Kier molecular flexibility index (Phi) is 2.46. The molecule has 4 heteroatoms. The number of benzene rings is 1. The largest absolute Gasteiger partial charge is 0.491 e. The van der Waals surface area contributed by atoms with E-state index in [1.54, 1.807) is 6.07 Å². The number of fused-ring (bicyclic) bond motifs is 1. The van der Waals surface area contributed by atoms with Crippen molar-refractivity contribution in [3.63, 3.8) is 0 Å². The van der Waals surface area contributed by atoms with Crippen LogP contribution in [0.25, 0.3) is 0 Å². The third-order valence-electron chi connectivity index (χ3n) is 2.05. The summed E-state index contributed by atoms with van der Waals surface area (Å²) in [5, 5.41) is 2.84. The molecule has 1 aromatic rings. The van der Waals surface area contributed by atoms with E-state index in [1.165, 1.54) is 0 Å². The summed E-state index contributed by atoms with van der Waals surface area (Å²) in [5.74, 6) is 0.568. The minimum absolute atomic E-state index is 0.0497. The highest BCUT2D eigenvalue weighted by atomic mass is 79.9. The highest BCUT2D eigenvalue weighted by molar-refractivity contribution is 9.10. The van der Waals surface area contributed by atoms with Crippen LogP contribution in [0.1, 0.15) is 17.3 Å². The van der Waals surface area contributed by atoms with Crippen LogP contribution in [0, 0.1) is 0 Å². The minimum atomic E-state index is -0.0718. The predicted molar refractivity (Wildman–Crippen MR) is 56.6 cm³/mol. The molecular formula is C10H10BrNO2. The molecule has 1 aliphatic heterocycles. The smallest absolute Gasteiger partial charge is 0.255 e. The molecule has 1 aromatic carbocycles. The zero-order chi connectivity index (χ0) is 10.1. The van der Waals surface area contributed by atoms with Crippen LogP contribution in [0.15, 0.2) is 22.7 Å². The Morgan fingerprint density at radius 1 is 1.57 bits per heavy atom. The highest BCUT2D eigenvalue weighted by Gasteiger charge is 2.19. The van der Waals surface area contributed by atoms with Gasteiger partial charge in [0.2, 0.25) is 0 Å². The standard InChI is InChI=1S/C10H10BrNO2/c1-6-5-14-9-4-7(11)2-3-8(9)10(13)12-6/h2-4,6H,5H2,1H3,(H,12,13)/t6-/m0/s1. The van der Waals surface area contributed by atoms with Crippen LogP contribution in [0.2, 0.25) is 0 Å². The number of halogens is 1. The zero-order valence-corrected chi connectivity index (χ0v) is 9.30. The summed E-state index contributed by atoms with van der Waals surface area (Å²) in [6, 6.07) is 5.45. The lowest BCUT2D eigenvalue weighted by Gasteiger charge is -2.07. The van der Waals surface area contributed by atoms with Crippen LogP contribution < -0.4 is 10.1 Å². The number of rotatable bonds is 0. The van der Waals surface area contributed by atoms with E-state index in [0.29, 0.717) is 17.9 Å². The topological polar surface area (TPSA) is 38.3 Å². The number of amides is 1. The van der Waals surface area contributed by atoms with Crippen LogP contribution >= 0.6 is 15.9 Å². The van der Waals surface area contributed by atoms with Gasteiger partial charge in [-0.2, -0.15) is 0 Å². The van der Waals surface area contributed by atoms with E-state index in [2.05, 4.69) is 21.2 Å². The Balaban J connectivity index is 2.43. The van der Waals surface area contributed by atoms with E-state index in [9.17, 15) is 4.79 Å². The van der Waals surface area contributed by atoms with Crippen LogP contribution in [0.5, 0.6) is 5.75 Å². The van der Waals surface area contributed by atoms with Gasteiger partial charge in [0.05, 0.1) is 11.6 Å². The Labute approximate surface area is 90.6 Å². The van der Waals surface area contributed by atoms with Crippen molar-refractivity contribution in [2.24, 2.45) is 0 Å². The van der Waals surface area contributed by atoms with E-state index in [1.807, 2.05) is 19.1 Å². The number of hydrogen-bond acceptors (Lipinski definition) is 2. The first-order valence-electron chi connectivity index (χ1n) is 4.40. The summed E-state index contributed by atoms with van der Waals surface area (Å²) in [7, 11) is 0. The quantitative estimate of drug-likeness (QED) is 0.770. The molecule has 74 valence electrons. The van der Waals surface area contributed by atoms with Gasteiger partial charge in [-0.3, -0.25) is 4.79 Å². The monoisotopic (exact) mass is 255 g/mol. The van der Waals surface area contributed by atoms with Gasteiger partial charge in [0.1, 0.15) is 12.4 Å². The van der Waals surface area contributed by atoms with Crippen molar-refractivity contribution in [2.45, 2.75) is 13.0 Å². The molecule has 0 aromatic heterocycles. The lowest BCUT2D eigenvalue weighted by Crippen LogP contribution is -2.33. The lowest BCUT2D eigenvalue weighted by atomic mass is 10.2. The summed E-state index contributed by atoms with van der Waals surface area (Å²) < 4.78 is 6.41. The normalized spacial score (nSPS) is 20.4. The van der Waals surface area contributed by atoms with Gasteiger partial charge in [-0.1, -0.05) is 15.9 Å². The zero-order valence-electron chi connectivity index (χ0n) is 7.71. The fraction of sp³-hybridized carbons (Fsp3) is 0.300. The van der Waals surface area contributed by atoms with Gasteiger partial charge in [0, 0.05) is 4.47 Å². The van der Waals surface area contributed by atoms with Crippen molar-refractivity contribution < 1.29 is 9.53 Å². The molecule has 2 rings (SSSR count). The minimum Gasteiger partial charge on any atom is -0.491 e. The lowest BCUT2D eigenvalue weighted by molar-refractivity contribution is 0.0942. The van der Waals surface area contributed by atoms with Crippen molar-refractivity contribution in [3.8, 4) is 5.75 Å². The summed E-state index contributed by atoms with van der Waals surface area (Å²) >= 11 is 3.34. The molecule has 0 saturated carbocycles. The molecule has 0 fully saturated rings. The Bertz CT molecular complexity index is 378. The van der Waals surface area contributed by atoms with Gasteiger partial charge >= 0.3 is 0 Å². The van der Waals surface area contributed by atoms with E-state index in [-0.39, 0.29) is 11.9 Å². The summed E-state index contributed by atoms with van der Waals surface area (Å²) in [6.45, 7) is 2.42. The Morgan fingerprint density at radius 2 is 2.36 bits per heavy atom. The number of nitrogens with one attached hydrogen (secondary N) is 1. The van der Waals surface area contributed by atoms with Gasteiger partial charge in [0.15, 0.2) is 0 Å². The Morgan fingerprint density at radius 3 is 3.14 bits per heavy atom. The second kappa shape index (κ2) is 3.61. The maximum Gasteiger partial charge on any atom is 0.255 e. The van der Waals surface area contributed by atoms with Crippen molar-refractivity contribution in [2.75, 3.05) is 6.61 Å². The first-order valence-corrected chi connectivity index (χ1v) is 5.19. The van der Waals surface area contributed by atoms with E-state index >= 15 is 0 Å². The van der Waals surface area contributed by atoms with Gasteiger partial charge in [-0.25, -0.2) is 0 Å². The molecule has 3 nitrogen and oxygen atoms in total. The third-order valence-corrected chi connectivity index (χ3v) is 2.55. The molecule has 0 spiro atoms. The molecule has 0 unspecified atom stereocenters. The molecule has 1 aliphatic rings. The molecule has 0 aliphatic carbocycles. The molecule has 0 radical (unpaired) electrons. The SMILES string of the molecule is C[C@H]1COc2cc(Br)ccc2C(=O)N1. The molecule has 1 atom stereocenters. The Hall–Kier alpha value is -1.03. The van der Waals surface area contributed by atoms with E-state index < -0.39 is 0 Å². The second-order valence-electron chi connectivity index (χ2n) is 3.33.